The SMILES string of the molecule is Cc1ccc(C(C)(C)C)cc1C(=O)CC(=O)C(C)(C)C. The molecule has 0 heterocycles. The number of carbonyl (C=O) groups is 2. The molecule has 1 aromatic carbocycles. The van der Waals surface area contributed by atoms with Crippen LogP contribution >= 0.6 is 0 Å². The lowest BCUT2D eigenvalue weighted by atomic mass is 9.83. The lowest BCUT2D eigenvalue weighted by Crippen LogP contribution is -2.23. The lowest BCUT2D eigenvalue weighted by molar-refractivity contribution is -0.125. The van der Waals surface area contributed by atoms with Crippen molar-refractivity contribution in [1.82, 2.24) is 0 Å². The maximum atomic E-state index is 12.4. The Bertz CT molecular complexity index is 525. The summed E-state index contributed by atoms with van der Waals surface area (Å²) in [5.41, 5.74) is 2.26. The van der Waals surface area contributed by atoms with Crippen LogP contribution in [0.25, 0.3) is 0 Å². The predicted molar refractivity (Wildman–Crippen MR) is 83.3 cm³/mol. The van der Waals surface area contributed by atoms with Crippen molar-refractivity contribution in [3.8, 4) is 0 Å². The first kappa shape index (κ1) is 16.6. The van der Waals surface area contributed by atoms with Gasteiger partial charge in [0.05, 0.1) is 6.42 Å². The summed E-state index contributed by atoms with van der Waals surface area (Å²) >= 11 is 0. The Labute approximate surface area is 122 Å². The summed E-state index contributed by atoms with van der Waals surface area (Å²) < 4.78 is 0. The van der Waals surface area contributed by atoms with E-state index in [1.54, 1.807) is 0 Å². The first-order valence-electron chi connectivity index (χ1n) is 7.10. The van der Waals surface area contributed by atoms with Crippen molar-refractivity contribution in [2.75, 3.05) is 0 Å². The molecule has 20 heavy (non-hydrogen) atoms. The van der Waals surface area contributed by atoms with Crippen LogP contribution in [0.3, 0.4) is 0 Å². The van der Waals surface area contributed by atoms with Crippen molar-refractivity contribution < 1.29 is 9.59 Å². The zero-order valence-electron chi connectivity index (χ0n) is 13.8. The van der Waals surface area contributed by atoms with Gasteiger partial charge in [0.25, 0.3) is 0 Å². The number of hydrogen-bond donors (Lipinski definition) is 0. The van der Waals surface area contributed by atoms with Crippen LogP contribution < -0.4 is 0 Å². The number of hydrogen-bond acceptors (Lipinski definition) is 2. The van der Waals surface area contributed by atoms with Gasteiger partial charge in [0.2, 0.25) is 0 Å². The van der Waals surface area contributed by atoms with Gasteiger partial charge in [-0.2, -0.15) is 0 Å². The van der Waals surface area contributed by atoms with Crippen molar-refractivity contribution >= 4 is 11.6 Å². The number of ketones is 2. The second-order valence-corrected chi connectivity index (χ2v) is 7.55. The minimum Gasteiger partial charge on any atom is -0.299 e. The molecule has 0 unspecified atom stereocenters. The third-order valence-corrected chi connectivity index (χ3v) is 3.56. The van der Waals surface area contributed by atoms with Gasteiger partial charge in [0, 0.05) is 11.0 Å². The van der Waals surface area contributed by atoms with Gasteiger partial charge in [-0.1, -0.05) is 53.7 Å². The van der Waals surface area contributed by atoms with E-state index in [1.807, 2.05) is 39.8 Å². The topological polar surface area (TPSA) is 34.1 Å². The van der Waals surface area contributed by atoms with Crippen LogP contribution in [0, 0.1) is 12.3 Å². The van der Waals surface area contributed by atoms with E-state index in [9.17, 15) is 9.59 Å². The fraction of sp³-hybridized carbons (Fsp3) is 0.556. The van der Waals surface area contributed by atoms with E-state index in [1.165, 1.54) is 0 Å². The van der Waals surface area contributed by atoms with Crippen LogP contribution in [0.1, 0.15) is 69.4 Å². The zero-order chi connectivity index (χ0) is 15.7. The largest absolute Gasteiger partial charge is 0.299 e. The smallest absolute Gasteiger partial charge is 0.170 e. The number of aryl methyl sites for hydroxylation is 1. The first-order valence-corrected chi connectivity index (χ1v) is 7.10. The summed E-state index contributed by atoms with van der Waals surface area (Å²) in [6.45, 7) is 13.8. The van der Waals surface area contributed by atoms with Crippen molar-refractivity contribution in [2.45, 2.75) is 60.3 Å². The van der Waals surface area contributed by atoms with Crippen LogP contribution in [-0.4, -0.2) is 11.6 Å². The van der Waals surface area contributed by atoms with Crippen LogP contribution in [0.5, 0.6) is 0 Å². The third-order valence-electron chi connectivity index (χ3n) is 3.56. The Hall–Kier alpha value is -1.44. The van der Waals surface area contributed by atoms with Gasteiger partial charge in [-0.25, -0.2) is 0 Å². The molecule has 2 heteroatoms. The van der Waals surface area contributed by atoms with E-state index in [-0.39, 0.29) is 23.4 Å². The highest BCUT2D eigenvalue weighted by Crippen LogP contribution is 2.26. The molecular weight excluding hydrogens is 248 g/mol. The average Bonchev–Trinajstić information content (AvgIpc) is 2.26. The molecule has 0 bridgehead atoms. The fourth-order valence-corrected chi connectivity index (χ4v) is 1.90. The van der Waals surface area contributed by atoms with E-state index >= 15 is 0 Å². The second kappa shape index (κ2) is 5.51. The van der Waals surface area contributed by atoms with Crippen LogP contribution in [0.15, 0.2) is 18.2 Å². The molecule has 0 radical (unpaired) electrons. The first-order chi connectivity index (χ1) is 8.93. The molecule has 110 valence electrons. The predicted octanol–water partition coefficient (Wildman–Crippen LogP) is 4.48. The summed E-state index contributed by atoms with van der Waals surface area (Å²) in [4.78, 5) is 24.4. The zero-order valence-corrected chi connectivity index (χ0v) is 13.8. The molecule has 0 saturated carbocycles. The molecule has 2 nitrogen and oxygen atoms in total. The highest BCUT2D eigenvalue weighted by atomic mass is 16.1. The van der Waals surface area contributed by atoms with E-state index in [0.29, 0.717) is 5.56 Å². The monoisotopic (exact) mass is 274 g/mol. The van der Waals surface area contributed by atoms with Gasteiger partial charge < -0.3 is 0 Å². The van der Waals surface area contributed by atoms with Crippen molar-refractivity contribution in [3.05, 3.63) is 34.9 Å². The maximum Gasteiger partial charge on any atom is 0.170 e. The van der Waals surface area contributed by atoms with Gasteiger partial charge in [0.15, 0.2) is 5.78 Å². The fourth-order valence-electron chi connectivity index (χ4n) is 1.90. The summed E-state index contributed by atoms with van der Waals surface area (Å²) in [5.74, 6) is -0.0865. The Kier molecular flexibility index (Phi) is 4.58. The molecule has 0 spiro atoms. The average molecular weight is 274 g/mol. The molecule has 0 atom stereocenters. The quantitative estimate of drug-likeness (QED) is 0.601. The molecule has 0 aromatic heterocycles. The molecule has 0 fully saturated rings. The molecule has 1 rings (SSSR count). The maximum absolute atomic E-state index is 12.4. The van der Waals surface area contributed by atoms with E-state index in [0.717, 1.165) is 11.1 Å². The Morgan fingerprint density at radius 2 is 1.55 bits per heavy atom. The standard InChI is InChI=1S/C18H26O2/c1-12-8-9-13(17(2,3)4)10-14(12)15(19)11-16(20)18(5,6)7/h8-10H,11H2,1-7H3. The summed E-state index contributed by atoms with van der Waals surface area (Å²) in [5, 5.41) is 0. The van der Waals surface area contributed by atoms with Gasteiger partial charge in [-0.3, -0.25) is 9.59 Å². The molecular formula is C18H26O2. The molecule has 1 aromatic rings. The minimum atomic E-state index is -0.467. The Balaban J connectivity index is 3.08. The van der Waals surface area contributed by atoms with Gasteiger partial charge >= 0.3 is 0 Å². The highest BCUT2D eigenvalue weighted by molar-refractivity contribution is 6.10. The third kappa shape index (κ3) is 4.03. The van der Waals surface area contributed by atoms with Crippen molar-refractivity contribution in [1.29, 1.82) is 0 Å². The highest BCUT2D eigenvalue weighted by Gasteiger charge is 2.25. The molecule has 0 amide bonds. The minimum absolute atomic E-state index is 0.00321. The van der Waals surface area contributed by atoms with Gasteiger partial charge in [-0.15, -0.1) is 0 Å². The summed E-state index contributed by atoms with van der Waals surface area (Å²) in [6.07, 6.45) is -0.0159. The second-order valence-electron chi connectivity index (χ2n) is 7.55. The van der Waals surface area contributed by atoms with E-state index in [4.69, 9.17) is 0 Å². The summed E-state index contributed by atoms with van der Waals surface area (Å²) in [7, 11) is 0. The van der Waals surface area contributed by atoms with Crippen molar-refractivity contribution in [3.63, 3.8) is 0 Å². The molecule has 0 saturated heterocycles. The normalized spacial score (nSPS) is 12.3. The van der Waals surface area contributed by atoms with Crippen LogP contribution in [-0.2, 0) is 10.2 Å². The van der Waals surface area contributed by atoms with Gasteiger partial charge in [0.1, 0.15) is 5.78 Å². The molecule has 0 aliphatic rings. The Morgan fingerprint density at radius 3 is 2.00 bits per heavy atom. The summed E-state index contributed by atoms with van der Waals surface area (Å²) in [6, 6.07) is 5.96. The lowest BCUT2D eigenvalue weighted by Gasteiger charge is -2.21. The Morgan fingerprint density at radius 1 is 1.00 bits per heavy atom. The molecule has 0 N–H and O–H groups in total. The van der Waals surface area contributed by atoms with E-state index in [2.05, 4.69) is 26.8 Å². The number of benzene rings is 1. The van der Waals surface area contributed by atoms with Crippen LogP contribution in [0.2, 0.25) is 0 Å². The molecule has 0 aliphatic carbocycles. The molecule has 0 aliphatic heterocycles. The van der Waals surface area contributed by atoms with E-state index < -0.39 is 5.41 Å². The number of rotatable bonds is 3. The van der Waals surface area contributed by atoms with Crippen molar-refractivity contribution in [2.24, 2.45) is 5.41 Å². The van der Waals surface area contributed by atoms with Crippen LogP contribution in [0.4, 0.5) is 0 Å². The van der Waals surface area contributed by atoms with Gasteiger partial charge in [-0.05, 0) is 29.5 Å². The number of Topliss-reactive ketones (excluding diaryl/α,β-unsaturated/α-hetero) is 2. The number of carbonyl (C=O) groups excluding carboxylic acids is 2.